The van der Waals surface area contributed by atoms with E-state index >= 15 is 0 Å². The van der Waals surface area contributed by atoms with Crippen LogP contribution in [0.25, 0.3) is 0 Å². The molecule has 1 aromatic rings. The largest absolute Gasteiger partial charge is 0.497 e. The van der Waals surface area contributed by atoms with Gasteiger partial charge in [-0.1, -0.05) is 12.1 Å². The van der Waals surface area contributed by atoms with Gasteiger partial charge in [0.1, 0.15) is 5.75 Å². The Labute approximate surface area is 123 Å². The third-order valence-electron chi connectivity index (χ3n) is 4.05. The fourth-order valence-corrected chi connectivity index (χ4v) is 2.86. The number of carbonyl (C=O) groups is 2. The molecular formula is C16H17NO4. The van der Waals surface area contributed by atoms with Crippen LogP contribution >= 0.6 is 0 Å². The van der Waals surface area contributed by atoms with Crippen LogP contribution in [-0.4, -0.2) is 26.0 Å². The molecule has 1 saturated carbocycles. The minimum Gasteiger partial charge on any atom is -0.497 e. The van der Waals surface area contributed by atoms with E-state index in [1.165, 1.54) is 7.11 Å². The molecule has 21 heavy (non-hydrogen) atoms. The van der Waals surface area contributed by atoms with Gasteiger partial charge in [0.05, 0.1) is 20.3 Å². The van der Waals surface area contributed by atoms with Crippen molar-refractivity contribution in [3.63, 3.8) is 0 Å². The van der Waals surface area contributed by atoms with Crippen LogP contribution in [0.5, 0.6) is 5.75 Å². The maximum absolute atomic E-state index is 12.5. The number of carbonyl (C=O) groups excluding carboxylic acids is 2. The first-order chi connectivity index (χ1) is 10.1. The topological polar surface area (TPSA) is 76.4 Å². The highest BCUT2D eigenvalue weighted by atomic mass is 16.5. The minimum atomic E-state index is -1.38. The number of methoxy groups -OCH3 is 2. The Morgan fingerprint density at radius 1 is 1.33 bits per heavy atom. The van der Waals surface area contributed by atoms with Gasteiger partial charge in [0.15, 0.2) is 11.2 Å². The number of nitrogens with zero attached hydrogens (tertiary/aromatic N) is 1. The van der Waals surface area contributed by atoms with E-state index in [2.05, 4.69) is 6.07 Å². The van der Waals surface area contributed by atoms with Crippen molar-refractivity contribution in [1.29, 1.82) is 5.26 Å². The van der Waals surface area contributed by atoms with Crippen molar-refractivity contribution in [1.82, 2.24) is 0 Å². The molecule has 0 aromatic heterocycles. The molecule has 1 aromatic carbocycles. The SMILES string of the molecule is COC(=O)C1(c2ccc(OC)cc2)CC(C#N)CCC1=O. The minimum absolute atomic E-state index is 0.168. The summed E-state index contributed by atoms with van der Waals surface area (Å²) in [5.74, 6) is -0.480. The van der Waals surface area contributed by atoms with E-state index in [1.807, 2.05) is 0 Å². The van der Waals surface area contributed by atoms with Gasteiger partial charge in [0.25, 0.3) is 0 Å². The van der Waals surface area contributed by atoms with Gasteiger partial charge in [-0.15, -0.1) is 0 Å². The molecular weight excluding hydrogens is 270 g/mol. The van der Waals surface area contributed by atoms with Crippen molar-refractivity contribution >= 4 is 11.8 Å². The molecule has 1 aliphatic rings. The number of hydrogen-bond donors (Lipinski definition) is 0. The second kappa shape index (κ2) is 5.96. The highest BCUT2D eigenvalue weighted by Crippen LogP contribution is 2.41. The summed E-state index contributed by atoms with van der Waals surface area (Å²) in [6, 6.07) is 8.94. The zero-order valence-corrected chi connectivity index (χ0v) is 12.1. The van der Waals surface area contributed by atoms with Crippen LogP contribution in [0.15, 0.2) is 24.3 Å². The predicted molar refractivity (Wildman–Crippen MR) is 74.6 cm³/mol. The Kier molecular flexibility index (Phi) is 4.27. The number of rotatable bonds is 3. The molecule has 0 spiro atoms. The van der Waals surface area contributed by atoms with Crippen LogP contribution < -0.4 is 4.74 Å². The smallest absolute Gasteiger partial charge is 0.323 e. The van der Waals surface area contributed by atoms with Crippen LogP contribution in [-0.2, 0) is 19.7 Å². The van der Waals surface area contributed by atoms with E-state index in [0.717, 1.165) is 0 Å². The van der Waals surface area contributed by atoms with Gasteiger partial charge < -0.3 is 9.47 Å². The van der Waals surface area contributed by atoms with Crippen LogP contribution in [0.3, 0.4) is 0 Å². The monoisotopic (exact) mass is 287 g/mol. The van der Waals surface area contributed by atoms with Crippen molar-refractivity contribution in [2.24, 2.45) is 5.92 Å². The molecule has 0 radical (unpaired) electrons. The highest BCUT2D eigenvalue weighted by molar-refractivity contribution is 6.10. The maximum atomic E-state index is 12.5. The number of Topliss-reactive ketones (excluding diaryl/α,β-unsaturated/α-hetero) is 1. The lowest BCUT2D eigenvalue weighted by Gasteiger charge is -2.35. The van der Waals surface area contributed by atoms with Crippen molar-refractivity contribution in [3.05, 3.63) is 29.8 Å². The van der Waals surface area contributed by atoms with E-state index in [4.69, 9.17) is 14.7 Å². The zero-order valence-electron chi connectivity index (χ0n) is 12.1. The normalized spacial score (nSPS) is 25.0. The lowest BCUT2D eigenvalue weighted by molar-refractivity contribution is -0.154. The van der Waals surface area contributed by atoms with E-state index in [9.17, 15) is 9.59 Å². The van der Waals surface area contributed by atoms with Gasteiger partial charge in [0, 0.05) is 12.3 Å². The van der Waals surface area contributed by atoms with Gasteiger partial charge in [-0.2, -0.15) is 5.26 Å². The molecule has 0 aliphatic heterocycles. The molecule has 1 aliphatic carbocycles. The first kappa shape index (κ1) is 15.0. The summed E-state index contributed by atoms with van der Waals surface area (Å²) in [5, 5.41) is 9.16. The molecule has 0 heterocycles. The number of nitriles is 1. The van der Waals surface area contributed by atoms with Gasteiger partial charge in [-0.05, 0) is 30.5 Å². The second-order valence-corrected chi connectivity index (χ2v) is 5.12. The van der Waals surface area contributed by atoms with Crippen molar-refractivity contribution in [2.45, 2.75) is 24.7 Å². The summed E-state index contributed by atoms with van der Waals surface area (Å²) in [5.41, 5.74) is -0.820. The van der Waals surface area contributed by atoms with E-state index in [1.54, 1.807) is 31.4 Å². The molecule has 0 saturated heterocycles. The summed E-state index contributed by atoms with van der Waals surface area (Å²) in [7, 11) is 2.80. The van der Waals surface area contributed by atoms with Crippen LogP contribution in [0.2, 0.25) is 0 Å². The Morgan fingerprint density at radius 3 is 2.52 bits per heavy atom. The summed E-state index contributed by atoms with van der Waals surface area (Å²) in [4.78, 5) is 24.8. The molecule has 2 rings (SSSR count). The van der Waals surface area contributed by atoms with Gasteiger partial charge in [-0.25, -0.2) is 0 Å². The maximum Gasteiger partial charge on any atom is 0.323 e. The number of ketones is 1. The third-order valence-corrected chi connectivity index (χ3v) is 4.05. The second-order valence-electron chi connectivity index (χ2n) is 5.12. The Balaban J connectivity index is 2.52. The fourth-order valence-electron chi connectivity index (χ4n) is 2.86. The van der Waals surface area contributed by atoms with Crippen molar-refractivity contribution in [2.75, 3.05) is 14.2 Å². The predicted octanol–water partition coefficient (Wildman–Crippen LogP) is 2.00. The molecule has 5 heteroatoms. The molecule has 0 N–H and O–H groups in total. The van der Waals surface area contributed by atoms with Gasteiger partial charge in [0.2, 0.25) is 0 Å². The molecule has 110 valence electrons. The Morgan fingerprint density at radius 2 is 2.00 bits per heavy atom. The summed E-state index contributed by atoms with van der Waals surface area (Å²) >= 11 is 0. The molecule has 1 fully saturated rings. The van der Waals surface area contributed by atoms with E-state index in [-0.39, 0.29) is 24.5 Å². The molecule has 5 nitrogen and oxygen atoms in total. The van der Waals surface area contributed by atoms with Crippen LogP contribution in [0.4, 0.5) is 0 Å². The summed E-state index contributed by atoms with van der Waals surface area (Å²) in [6.07, 6.45) is 0.866. The van der Waals surface area contributed by atoms with Crippen LogP contribution in [0, 0.1) is 17.2 Å². The first-order valence-electron chi connectivity index (χ1n) is 6.74. The zero-order chi connectivity index (χ0) is 15.5. The van der Waals surface area contributed by atoms with Crippen molar-refractivity contribution < 1.29 is 19.1 Å². The molecule has 0 amide bonds. The number of esters is 1. The number of ether oxygens (including phenoxy) is 2. The summed E-state index contributed by atoms with van der Waals surface area (Å²) < 4.78 is 9.96. The Hall–Kier alpha value is -2.35. The number of hydrogen-bond acceptors (Lipinski definition) is 5. The van der Waals surface area contributed by atoms with E-state index in [0.29, 0.717) is 17.7 Å². The Bertz CT molecular complexity index is 577. The lowest BCUT2D eigenvalue weighted by Crippen LogP contribution is -2.48. The highest BCUT2D eigenvalue weighted by Gasteiger charge is 2.51. The average molecular weight is 287 g/mol. The van der Waals surface area contributed by atoms with E-state index < -0.39 is 11.4 Å². The van der Waals surface area contributed by atoms with Crippen LogP contribution in [0.1, 0.15) is 24.8 Å². The average Bonchev–Trinajstić information content (AvgIpc) is 2.55. The molecule has 0 bridgehead atoms. The molecule has 2 atom stereocenters. The quantitative estimate of drug-likeness (QED) is 0.627. The fraction of sp³-hybridized carbons (Fsp3) is 0.438. The van der Waals surface area contributed by atoms with Crippen molar-refractivity contribution in [3.8, 4) is 11.8 Å². The van der Waals surface area contributed by atoms with Gasteiger partial charge in [-0.3, -0.25) is 9.59 Å². The lowest BCUT2D eigenvalue weighted by atomic mass is 9.65. The number of benzene rings is 1. The standard InChI is InChI=1S/C16H17NO4/c1-20-13-6-4-12(5-7-13)16(15(19)21-2)9-11(10-17)3-8-14(16)18/h4-7,11H,3,8-9H2,1-2H3. The first-order valence-corrected chi connectivity index (χ1v) is 6.74. The third kappa shape index (κ3) is 2.49. The molecule has 2 unspecified atom stereocenters. The summed E-state index contributed by atoms with van der Waals surface area (Å²) in [6.45, 7) is 0. The van der Waals surface area contributed by atoms with Gasteiger partial charge >= 0.3 is 5.97 Å².